The normalized spacial score (nSPS) is 12.1. The number of hydrogen-bond donors (Lipinski definition) is 2. The van der Waals surface area contributed by atoms with E-state index in [1.165, 1.54) is 17.3 Å². The Morgan fingerprint density at radius 2 is 2.12 bits per heavy atom. The molecule has 1 unspecified atom stereocenters. The van der Waals surface area contributed by atoms with Crippen molar-refractivity contribution < 1.29 is 4.79 Å². The van der Waals surface area contributed by atoms with Crippen molar-refractivity contribution in [2.24, 2.45) is 0 Å². The maximum Gasteiger partial charge on any atom is 0.249 e. The van der Waals surface area contributed by atoms with E-state index < -0.39 is 6.04 Å². The molecule has 0 aliphatic rings. The van der Waals surface area contributed by atoms with Crippen molar-refractivity contribution in [1.82, 2.24) is 14.8 Å². The van der Waals surface area contributed by atoms with Gasteiger partial charge in [-0.3, -0.25) is 4.79 Å². The molecular formula is C11H13N5O. The lowest BCUT2D eigenvalue weighted by Gasteiger charge is -2.12. The third kappa shape index (κ3) is 2.60. The summed E-state index contributed by atoms with van der Waals surface area (Å²) in [5, 5.41) is 6.69. The fourth-order valence-corrected chi connectivity index (χ4v) is 1.35. The van der Waals surface area contributed by atoms with Crippen LogP contribution in [-0.4, -0.2) is 20.7 Å². The highest BCUT2D eigenvalue weighted by molar-refractivity contribution is 5.93. The highest BCUT2D eigenvalue weighted by Crippen LogP contribution is 2.13. The van der Waals surface area contributed by atoms with Gasteiger partial charge in [0.2, 0.25) is 5.91 Å². The van der Waals surface area contributed by atoms with Crippen LogP contribution >= 0.6 is 0 Å². The standard InChI is InChI=1S/C11H13N5O/c1-8(16-7-13-6-14-16)11(17)15-10-4-2-9(12)3-5-10/h2-8H,12H2,1H3,(H,15,17). The van der Waals surface area contributed by atoms with Gasteiger partial charge in [-0.2, -0.15) is 5.10 Å². The summed E-state index contributed by atoms with van der Waals surface area (Å²) in [6.07, 6.45) is 2.90. The predicted octanol–water partition coefficient (Wildman–Crippen LogP) is 1.06. The van der Waals surface area contributed by atoms with Crippen LogP contribution in [0.5, 0.6) is 0 Å². The first-order valence-electron chi connectivity index (χ1n) is 5.17. The average Bonchev–Trinajstić information content (AvgIpc) is 2.84. The van der Waals surface area contributed by atoms with Gasteiger partial charge in [0.25, 0.3) is 0 Å². The Hall–Kier alpha value is -2.37. The minimum atomic E-state index is -0.407. The van der Waals surface area contributed by atoms with E-state index in [-0.39, 0.29) is 5.91 Å². The summed E-state index contributed by atoms with van der Waals surface area (Å²) >= 11 is 0. The van der Waals surface area contributed by atoms with Crippen LogP contribution in [-0.2, 0) is 4.79 Å². The van der Waals surface area contributed by atoms with E-state index in [1.54, 1.807) is 31.2 Å². The molecule has 1 aromatic carbocycles. The van der Waals surface area contributed by atoms with Crippen molar-refractivity contribution >= 4 is 17.3 Å². The predicted molar refractivity (Wildman–Crippen MR) is 64.2 cm³/mol. The Balaban J connectivity index is 2.04. The highest BCUT2D eigenvalue weighted by Gasteiger charge is 2.15. The second kappa shape index (κ2) is 4.65. The fraction of sp³-hybridized carbons (Fsp3) is 0.182. The quantitative estimate of drug-likeness (QED) is 0.773. The zero-order chi connectivity index (χ0) is 12.3. The van der Waals surface area contributed by atoms with Crippen LogP contribution in [0.15, 0.2) is 36.9 Å². The van der Waals surface area contributed by atoms with Gasteiger partial charge in [-0.25, -0.2) is 9.67 Å². The van der Waals surface area contributed by atoms with E-state index in [1.807, 2.05) is 0 Å². The number of nitrogens with one attached hydrogen (secondary N) is 1. The molecule has 88 valence electrons. The third-order valence-electron chi connectivity index (χ3n) is 2.39. The number of benzene rings is 1. The largest absolute Gasteiger partial charge is 0.399 e. The van der Waals surface area contributed by atoms with Crippen molar-refractivity contribution in [3.8, 4) is 0 Å². The van der Waals surface area contributed by atoms with Crippen molar-refractivity contribution in [2.45, 2.75) is 13.0 Å². The van der Waals surface area contributed by atoms with E-state index in [9.17, 15) is 4.79 Å². The van der Waals surface area contributed by atoms with Crippen LogP contribution in [0.25, 0.3) is 0 Å². The molecule has 1 aromatic heterocycles. The van der Waals surface area contributed by atoms with Gasteiger partial charge in [0.1, 0.15) is 18.7 Å². The van der Waals surface area contributed by atoms with Gasteiger partial charge >= 0.3 is 0 Å². The molecule has 0 radical (unpaired) electrons. The Labute approximate surface area is 98.5 Å². The van der Waals surface area contributed by atoms with Gasteiger partial charge in [0.15, 0.2) is 0 Å². The molecule has 0 aliphatic heterocycles. The average molecular weight is 231 g/mol. The Bertz CT molecular complexity index is 491. The number of nitrogen functional groups attached to an aromatic ring is 1. The minimum absolute atomic E-state index is 0.153. The number of anilines is 2. The number of hydrogen-bond acceptors (Lipinski definition) is 4. The number of rotatable bonds is 3. The first-order chi connectivity index (χ1) is 8.16. The fourth-order valence-electron chi connectivity index (χ4n) is 1.35. The molecule has 1 heterocycles. The zero-order valence-corrected chi connectivity index (χ0v) is 9.37. The number of amides is 1. The van der Waals surface area contributed by atoms with E-state index in [2.05, 4.69) is 15.4 Å². The molecule has 6 nitrogen and oxygen atoms in total. The summed E-state index contributed by atoms with van der Waals surface area (Å²) in [5.41, 5.74) is 6.92. The van der Waals surface area contributed by atoms with Crippen molar-refractivity contribution in [3.05, 3.63) is 36.9 Å². The van der Waals surface area contributed by atoms with Crippen LogP contribution in [0.2, 0.25) is 0 Å². The second-order valence-corrected chi connectivity index (χ2v) is 3.66. The summed E-state index contributed by atoms with van der Waals surface area (Å²) in [6.45, 7) is 1.75. The molecule has 1 amide bonds. The number of nitrogens with zero attached hydrogens (tertiary/aromatic N) is 3. The van der Waals surface area contributed by atoms with Gasteiger partial charge in [-0.1, -0.05) is 0 Å². The third-order valence-corrected chi connectivity index (χ3v) is 2.39. The summed E-state index contributed by atoms with van der Waals surface area (Å²) in [6, 6.07) is 6.56. The van der Waals surface area contributed by atoms with Crippen LogP contribution in [0.4, 0.5) is 11.4 Å². The molecule has 0 saturated carbocycles. The Morgan fingerprint density at radius 3 is 2.71 bits per heavy atom. The first kappa shape index (κ1) is 11.1. The lowest BCUT2D eigenvalue weighted by atomic mass is 10.2. The molecule has 2 aromatic rings. The van der Waals surface area contributed by atoms with Crippen LogP contribution in [0, 0.1) is 0 Å². The molecular weight excluding hydrogens is 218 g/mol. The summed E-state index contributed by atoms with van der Waals surface area (Å²) < 4.78 is 1.49. The number of carbonyl (C=O) groups excluding carboxylic acids is 1. The molecule has 0 fully saturated rings. The van der Waals surface area contributed by atoms with E-state index in [4.69, 9.17) is 5.73 Å². The van der Waals surface area contributed by atoms with Crippen LogP contribution in [0.3, 0.4) is 0 Å². The molecule has 0 saturated heterocycles. The van der Waals surface area contributed by atoms with Crippen molar-refractivity contribution in [2.75, 3.05) is 11.1 Å². The molecule has 17 heavy (non-hydrogen) atoms. The first-order valence-corrected chi connectivity index (χ1v) is 5.17. The van der Waals surface area contributed by atoms with E-state index in [0.29, 0.717) is 11.4 Å². The number of carbonyl (C=O) groups is 1. The molecule has 1 atom stereocenters. The number of nitrogens with two attached hydrogens (primary N) is 1. The lowest BCUT2D eigenvalue weighted by Crippen LogP contribution is -2.23. The highest BCUT2D eigenvalue weighted by atomic mass is 16.2. The van der Waals surface area contributed by atoms with E-state index >= 15 is 0 Å². The smallest absolute Gasteiger partial charge is 0.249 e. The van der Waals surface area contributed by atoms with Crippen LogP contribution < -0.4 is 11.1 Å². The molecule has 0 aliphatic carbocycles. The van der Waals surface area contributed by atoms with Gasteiger partial charge < -0.3 is 11.1 Å². The molecule has 2 rings (SSSR count). The molecule has 0 spiro atoms. The topological polar surface area (TPSA) is 85.8 Å². The summed E-state index contributed by atoms with van der Waals surface area (Å²) in [5.74, 6) is -0.153. The number of aromatic nitrogens is 3. The minimum Gasteiger partial charge on any atom is -0.399 e. The van der Waals surface area contributed by atoms with Crippen molar-refractivity contribution in [1.29, 1.82) is 0 Å². The van der Waals surface area contributed by atoms with Gasteiger partial charge in [-0.15, -0.1) is 0 Å². The summed E-state index contributed by atoms with van der Waals surface area (Å²) in [4.78, 5) is 15.7. The lowest BCUT2D eigenvalue weighted by molar-refractivity contribution is -0.119. The second-order valence-electron chi connectivity index (χ2n) is 3.66. The monoisotopic (exact) mass is 231 g/mol. The zero-order valence-electron chi connectivity index (χ0n) is 9.37. The Morgan fingerprint density at radius 1 is 1.41 bits per heavy atom. The SMILES string of the molecule is CC(C(=O)Nc1ccc(N)cc1)n1cncn1. The Kier molecular flexibility index (Phi) is 3.04. The van der Waals surface area contributed by atoms with Crippen LogP contribution in [0.1, 0.15) is 13.0 Å². The van der Waals surface area contributed by atoms with Gasteiger partial charge in [0, 0.05) is 11.4 Å². The summed E-state index contributed by atoms with van der Waals surface area (Å²) in [7, 11) is 0. The molecule has 3 N–H and O–H groups in total. The molecule has 0 bridgehead atoms. The maximum absolute atomic E-state index is 11.9. The van der Waals surface area contributed by atoms with E-state index in [0.717, 1.165) is 0 Å². The van der Waals surface area contributed by atoms with Gasteiger partial charge in [-0.05, 0) is 31.2 Å². The maximum atomic E-state index is 11.9. The van der Waals surface area contributed by atoms with Crippen molar-refractivity contribution in [3.63, 3.8) is 0 Å². The van der Waals surface area contributed by atoms with Gasteiger partial charge in [0.05, 0.1) is 0 Å². The molecule has 6 heteroatoms.